The summed E-state index contributed by atoms with van der Waals surface area (Å²) in [5.41, 5.74) is 5.25. The van der Waals surface area contributed by atoms with Gasteiger partial charge in [-0.15, -0.1) is 0 Å². The molecule has 0 aliphatic carbocycles. The Hall–Kier alpha value is -1.30. The molecule has 0 spiro atoms. The molecule has 1 aliphatic rings. The normalized spacial score (nSPS) is 22.1. The van der Waals surface area contributed by atoms with Crippen LogP contribution < -0.4 is 5.73 Å². The highest BCUT2D eigenvalue weighted by Gasteiger charge is 2.25. The van der Waals surface area contributed by atoms with Crippen molar-refractivity contribution in [2.45, 2.75) is 19.3 Å². The molecule has 4 N–H and O–H groups in total. The average Bonchev–Trinajstić information content (AvgIpc) is 2.67. The topological polar surface area (TPSA) is 99.2 Å². The van der Waals surface area contributed by atoms with Crippen molar-refractivity contribution in [3.05, 3.63) is 0 Å². The number of amidine groups is 1. The van der Waals surface area contributed by atoms with Gasteiger partial charge in [-0.25, -0.2) is 0 Å². The maximum atomic E-state index is 11.6. The summed E-state index contributed by atoms with van der Waals surface area (Å²) in [4.78, 5) is 13.2. The largest absolute Gasteiger partial charge is 0.409 e. The zero-order chi connectivity index (χ0) is 11.3. The van der Waals surface area contributed by atoms with E-state index in [4.69, 9.17) is 16.0 Å². The molecule has 6 heteroatoms. The van der Waals surface area contributed by atoms with Crippen LogP contribution in [-0.2, 0) is 4.79 Å². The molecule has 0 aromatic heterocycles. The third-order valence-electron chi connectivity index (χ3n) is 2.64. The number of aliphatic hydroxyl groups is 1. The molecule has 0 radical (unpaired) electrons. The van der Waals surface area contributed by atoms with Gasteiger partial charge in [-0.3, -0.25) is 4.79 Å². The highest BCUT2D eigenvalue weighted by Crippen LogP contribution is 2.19. The summed E-state index contributed by atoms with van der Waals surface area (Å²) in [6.45, 7) is 1.52. The molecule has 0 bridgehead atoms. The fourth-order valence-corrected chi connectivity index (χ4v) is 1.78. The van der Waals surface area contributed by atoms with Crippen molar-refractivity contribution >= 4 is 11.7 Å². The number of carbonyl (C=O) groups excluding carboxylic acids is 1. The van der Waals surface area contributed by atoms with Gasteiger partial charge in [0.2, 0.25) is 5.91 Å². The lowest BCUT2D eigenvalue weighted by molar-refractivity contribution is -0.129. The molecule has 1 aliphatic heterocycles. The second-order valence-corrected chi connectivity index (χ2v) is 3.77. The van der Waals surface area contributed by atoms with Crippen LogP contribution >= 0.6 is 0 Å². The van der Waals surface area contributed by atoms with E-state index >= 15 is 0 Å². The minimum absolute atomic E-state index is 0.0393. The predicted molar refractivity (Wildman–Crippen MR) is 54.4 cm³/mol. The fourth-order valence-electron chi connectivity index (χ4n) is 1.78. The maximum absolute atomic E-state index is 11.6. The van der Waals surface area contributed by atoms with Gasteiger partial charge in [0.15, 0.2) is 0 Å². The average molecular weight is 215 g/mol. The van der Waals surface area contributed by atoms with E-state index in [0.717, 1.165) is 12.8 Å². The van der Waals surface area contributed by atoms with Gasteiger partial charge >= 0.3 is 0 Å². The van der Waals surface area contributed by atoms with Gasteiger partial charge in [0, 0.05) is 19.7 Å². The van der Waals surface area contributed by atoms with Gasteiger partial charge < -0.3 is 20.9 Å². The molecule has 1 amide bonds. The molecule has 0 aromatic rings. The van der Waals surface area contributed by atoms with E-state index in [0.29, 0.717) is 19.0 Å². The molecular weight excluding hydrogens is 198 g/mol. The van der Waals surface area contributed by atoms with Crippen LogP contribution in [0.3, 0.4) is 0 Å². The highest BCUT2D eigenvalue weighted by atomic mass is 16.4. The summed E-state index contributed by atoms with van der Waals surface area (Å²) < 4.78 is 0. The lowest BCUT2D eigenvalue weighted by Gasteiger charge is -2.15. The minimum Gasteiger partial charge on any atom is -0.409 e. The SMILES string of the molecule is NC(CC(=O)N1CCC(CCO)C1)=NO. The molecule has 86 valence electrons. The number of nitrogens with two attached hydrogens (primary N) is 1. The molecule has 1 unspecified atom stereocenters. The number of nitrogens with zero attached hydrogens (tertiary/aromatic N) is 2. The standard InChI is InChI=1S/C9H17N3O3/c10-8(11-15)5-9(14)12-3-1-7(6-12)2-4-13/h7,13,15H,1-6H2,(H2,10,11). The second kappa shape index (κ2) is 5.55. The monoisotopic (exact) mass is 215 g/mol. The molecule has 15 heavy (non-hydrogen) atoms. The van der Waals surface area contributed by atoms with Crippen molar-refractivity contribution < 1.29 is 15.1 Å². The predicted octanol–water partition coefficient (Wildman–Crippen LogP) is -0.646. The highest BCUT2D eigenvalue weighted by molar-refractivity contribution is 5.98. The van der Waals surface area contributed by atoms with Crippen LogP contribution in [0.4, 0.5) is 0 Å². The number of likely N-dealkylation sites (tertiary alicyclic amines) is 1. The van der Waals surface area contributed by atoms with Crippen molar-refractivity contribution in [2.24, 2.45) is 16.8 Å². The van der Waals surface area contributed by atoms with Crippen LogP contribution in [0.1, 0.15) is 19.3 Å². The molecule has 1 heterocycles. The molecule has 6 nitrogen and oxygen atoms in total. The number of oxime groups is 1. The first kappa shape index (κ1) is 11.8. The number of hydrogen-bond acceptors (Lipinski definition) is 4. The van der Waals surface area contributed by atoms with Crippen molar-refractivity contribution in [2.75, 3.05) is 19.7 Å². The van der Waals surface area contributed by atoms with Crippen molar-refractivity contribution in [3.8, 4) is 0 Å². The number of aliphatic hydroxyl groups excluding tert-OH is 1. The Morgan fingerprint density at radius 3 is 2.93 bits per heavy atom. The molecule has 1 rings (SSSR count). The summed E-state index contributed by atoms with van der Waals surface area (Å²) in [6.07, 6.45) is 1.61. The second-order valence-electron chi connectivity index (χ2n) is 3.77. The van der Waals surface area contributed by atoms with Crippen LogP contribution in [0.15, 0.2) is 5.16 Å². The Labute approximate surface area is 88.4 Å². The Balaban J connectivity index is 2.36. The zero-order valence-electron chi connectivity index (χ0n) is 8.59. The van der Waals surface area contributed by atoms with E-state index in [9.17, 15) is 4.79 Å². The van der Waals surface area contributed by atoms with Gasteiger partial charge in [0.25, 0.3) is 0 Å². The Morgan fingerprint density at radius 1 is 1.60 bits per heavy atom. The first-order valence-corrected chi connectivity index (χ1v) is 5.02. The third kappa shape index (κ3) is 3.39. The van der Waals surface area contributed by atoms with Crippen LogP contribution in [0, 0.1) is 5.92 Å². The van der Waals surface area contributed by atoms with Crippen LogP contribution in [0.25, 0.3) is 0 Å². The summed E-state index contributed by atoms with van der Waals surface area (Å²) in [5.74, 6) is 0.197. The van der Waals surface area contributed by atoms with Crippen LogP contribution in [-0.4, -0.2) is 46.7 Å². The molecular formula is C9H17N3O3. The summed E-state index contributed by atoms with van der Waals surface area (Å²) >= 11 is 0. The van der Waals surface area contributed by atoms with Crippen molar-refractivity contribution in [1.29, 1.82) is 0 Å². The van der Waals surface area contributed by atoms with E-state index in [1.54, 1.807) is 4.90 Å². The lowest BCUT2D eigenvalue weighted by atomic mass is 10.1. The summed E-state index contributed by atoms with van der Waals surface area (Å²) in [7, 11) is 0. The Kier molecular flexibility index (Phi) is 4.36. The lowest BCUT2D eigenvalue weighted by Crippen LogP contribution is -2.32. The minimum atomic E-state index is -0.120. The van der Waals surface area contributed by atoms with Gasteiger partial charge in [-0.1, -0.05) is 5.16 Å². The van der Waals surface area contributed by atoms with E-state index in [1.165, 1.54) is 0 Å². The van der Waals surface area contributed by atoms with E-state index < -0.39 is 0 Å². The smallest absolute Gasteiger partial charge is 0.230 e. The van der Waals surface area contributed by atoms with Crippen molar-refractivity contribution in [3.63, 3.8) is 0 Å². The molecule has 0 saturated carbocycles. The first-order chi connectivity index (χ1) is 7.17. The Morgan fingerprint density at radius 2 is 2.33 bits per heavy atom. The van der Waals surface area contributed by atoms with Crippen LogP contribution in [0.2, 0.25) is 0 Å². The van der Waals surface area contributed by atoms with E-state index in [1.807, 2.05) is 0 Å². The molecule has 1 fully saturated rings. The van der Waals surface area contributed by atoms with Crippen LogP contribution in [0.5, 0.6) is 0 Å². The molecule has 1 saturated heterocycles. The zero-order valence-corrected chi connectivity index (χ0v) is 8.59. The number of amides is 1. The van der Waals surface area contributed by atoms with Gasteiger partial charge in [0.1, 0.15) is 5.84 Å². The fraction of sp³-hybridized carbons (Fsp3) is 0.778. The quantitative estimate of drug-likeness (QED) is 0.251. The summed E-state index contributed by atoms with van der Waals surface area (Å²) in [6, 6.07) is 0. The molecule has 0 aromatic carbocycles. The first-order valence-electron chi connectivity index (χ1n) is 5.02. The summed E-state index contributed by atoms with van der Waals surface area (Å²) in [5, 5.41) is 19.8. The Bertz CT molecular complexity index is 255. The van der Waals surface area contributed by atoms with E-state index in [-0.39, 0.29) is 24.8 Å². The van der Waals surface area contributed by atoms with Gasteiger partial charge in [-0.05, 0) is 18.8 Å². The number of rotatable bonds is 4. The third-order valence-corrected chi connectivity index (χ3v) is 2.64. The van der Waals surface area contributed by atoms with Gasteiger partial charge in [-0.2, -0.15) is 0 Å². The maximum Gasteiger partial charge on any atom is 0.230 e. The van der Waals surface area contributed by atoms with E-state index in [2.05, 4.69) is 5.16 Å². The van der Waals surface area contributed by atoms with Gasteiger partial charge in [0.05, 0.1) is 6.42 Å². The number of carbonyl (C=O) groups is 1. The van der Waals surface area contributed by atoms with Crippen molar-refractivity contribution in [1.82, 2.24) is 4.90 Å². The molecule has 1 atom stereocenters. The number of hydrogen-bond donors (Lipinski definition) is 3.